The van der Waals surface area contributed by atoms with Gasteiger partial charge in [0.15, 0.2) is 0 Å². The van der Waals surface area contributed by atoms with E-state index in [2.05, 4.69) is 12.2 Å². The van der Waals surface area contributed by atoms with E-state index in [1.165, 1.54) is 0 Å². The fourth-order valence-electron chi connectivity index (χ4n) is 2.48. The van der Waals surface area contributed by atoms with Gasteiger partial charge in [-0.3, -0.25) is 0 Å². The van der Waals surface area contributed by atoms with Crippen molar-refractivity contribution in [3.05, 3.63) is 33.8 Å². The van der Waals surface area contributed by atoms with Crippen LogP contribution in [0.2, 0.25) is 10.0 Å². The van der Waals surface area contributed by atoms with E-state index in [0.717, 1.165) is 25.1 Å². The molecule has 1 aromatic rings. The zero-order valence-electron chi connectivity index (χ0n) is 9.84. The number of piperidine rings is 1. The molecule has 2 atom stereocenters. The third-order valence-corrected chi connectivity index (χ3v) is 4.51. The van der Waals surface area contributed by atoms with Crippen LogP contribution in [0, 0.1) is 5.41 Å². The number of aliphatic hydroxyl groups excluding tert-OH is 1. The fraction of sp³-hybridized carbons (Fsp3) is 0.538. The summed E-state index contributed by atoms with van der Waals surface area (Å²) in [4.78, 5) is 0. The highest BCUT2D eigenvalue weighted by Crippen LogP contribution is 2.41. The number of hydrogen-bond donors (Lipinski definition) is 2. The number of benzene rings is 1. The molecule has 2 N–H and O–H groups in total. The molecule has 2 rings (SSSR count). The highest BCUT2D eigenvalue weighted by atomic mass is 35.5. The van der Waals surface area contributed by atoms with E-state index in [0.29, 0.717) is 10.0 Å². The summed E-state index contributed by atoms with van der Waals surface area (Å²) in [6.07, 6.45) is 0.967. The van der Waals surface area contributed by atoms with Crippen LogP contribution in [0.5, 0.6) is 0 Å². The van der Waals surface area contributed by atoms with Gasteiger partial charge >= 0.3 is 0 Å². The Hall–Kier alpha value is -0.280. The van der Waals surface area contributed by atoms with E-state index in [4.69, 9.17) is 23.2 Å². The molecule has 1 aliphatic rings. The predicted molar refractivity (Wildman–Crippen MR) is 71.9 cm³/mol. The highest BCUT2D eigenvalue weighted by Gasteiger charge is 2.37. The molecule has 1 unspecified atom stereocenters. The van der Waals surface area contributed by atoms with E-state index in [1.54, 1.807) is 0 Å². The number of aliphatic hydroxyl groups is 1. The minimum Gasteiger partial charge on any atom is -0.396 e. The molecule has 1 aromatic carbocycles. The minimum atomic E-state index is -0.0809. The summed E-state index contributed by atoms with van der Waals surface area (Å²) in [5.41, 5.74) is 1.06. The van der Waals surface area contributed by atoms with Crippen molar-refractivity contribution in [3.8, 4) is 0 Å². The molecule has 0 spiro atoms. The van der Waals surface area contributed by atoms with Crippen LogP contribution in [0.4, 0.5) is 0 Å². The van der Waals surface area contributed by atoms with Gasteiger partial charge in [-0.25, -0.2) is 0 Å². The first-order valence-corrected chi connectivity index (χ1v) is 6.59. The molecule has 1 saturated heterocycles. The summed E-state index contributed by atoms with van der Waals surface area (Å²) in [6, 6.07) is 5.74. The summed E-state index contributed by atoms with van der Waals surface area (Å²) in [5, 5.41) is 14.1. The van der Waals surface area contributed by atoms with Crippen molar-refractivity contribution >= 4 is 23.2 Å². The molecular weight excluding hydrogens is 257 g/mol. The highest BCUT2D eigenvalue weighted by molar-refractivity contribution is 6.42. The van der Waals surface area contributed by atoms with Gasteiger partial charge in [-0.2, -0.15) is 0 Å². The Labute approximate surface area is 112 Å². The Morgan fingerprint density at radius 3 is 2.82 bits per heavy atom. The largest absolute Gasteiger partial charge is 0.396 e. The van der Waals surface area contributed by atoms with Gasteiger partial charge in [-0.1, -0.05) is 36.2 Å². The number of rotatable bonds is 2. The van der Waals surface area contributed by atoms with Crippen LogP contribution in [0.15, 0.2) is 18.2 Å². The maximum absolute atomic E-state index is 9.62. The summed E-state index contributed by atoms with van der Waals surface area (Å²) >= 11 is 12.0. The van der Waals surface area contributed by atoms with E-state index in [-0.39, 0.29) is 17.9 Å². The van der Waals surface area contributed by atoms with Crippen LogP contribution in [0.3, 0.4) is 0 Å². The summed E-state index contributed by atoms with van der Waals surface area (Å²) in [7, 11) is 0. The smallest absolute Gasteiger partial charge is 0.0595 e. The lowest BCUT2D eigenvalue weighted by Crippen LogP contribution is -2.44. The van der Waals surface area contributed by atoms with Crippen LogP contribution in [0.25, 0.3) is 0 Å². The lowest BCUT2D eigenvalue weighted by molar-refractivity contribution is 0.0847. The zero-order chi connectivity index (χ0) is 12.5. The van der Waals surface area contributed by atoms with Crippen LogP contribution in [0.1, 0.15) is 24.8 Å². The van der Waals surface area contributed by atoms with Gasteiger partial charge in [0.05, 0.1) is 10.0 Å². The average molecular weight is 274 g/mol. The molecule has 94 valence electrons. The van der Waals surface area contributed by atoms with E-state index in [9.17, 15) is 5.11 Å². The normalized spacial score (nSPS) is 29.3. The second-order valence-electron chi connectivity index (χ2n) is 4.99. The van der Waals surface area contributed by atoms with Crippen LogP contribution < -0.4 is 5.32 Å². The standard InChI is InChI=1S/C13H17Cl2NO/c1-13(8-17)4-5-16-7-10(13)9-2-3-11(14)12(15)6-9/h2-3,6,10,16-17H,4-5,7-8H2,1H3/t10?,13-/m0/s1. The van der Waals surface area contributed by atoms with Gasteiger partial charge in [0.1, 0.15) is 0 Å². The first-order chi connectivity index (χ1) is 8.07. The summed E-state index contributed by atoms with van der Waals surface area (Å²) < 4.78 is 0. The predicted octanol–water partition coefficient (Wildman–Crippen LogP) is 3.07. The van der Waals surface area contributed by atoms with E-state index < -0.39 is 0 Å². The lowest BCUT2D eigenvalue weighted by atomic mass is 9.70. The second-order valence-corrected chi connectivity index (χ2v) is 5.81. The van der Waals surface area contributed by atoms with Gasteiger partial charge in [0.2, 0.25) is 0 Å². The molecule has 1 fully saturated rings. The number of halogens is 2. The third kappa shape index (κ3) is 2.60. The van der Waals surface area contributed by atoms with E-state index >= 15 is 0 Å². The molecular formula is C13H17Cl2NO. The Morgan fingerprint density at radius 1 is 1.41 bits per heavy atom. The molecule has 0 amide bonds. The van der Waals surface area contributed by atoms with Crippen LogP contribution in [-0.2, 0) is 0 Å². The maximum Gasteiger partial charge on any atom is 0.0595 e. The zero-order valence-corrected chi connectivity index (χ0v) is 11.4. The molecule has 4 heteroatoms. The Kier molecular flexibility index (Phi) is 3.99. The van der Waals surface area contributed by atoms with Crippen molar-refractivity contribution in [1.29, 1.82) is 0 Å². The van der Waals surface area contributed by atoms with Gasteiger partial charge in [-0.05, 0) is 36.1 Å². The monoisotopic (exact) mass is 273 g/mol. The van der Waals surface area contributed by atoms with Gasteiger partial charge in [0, 0.05) is 19.1 Å². The Morgan fingerprint density at radius 2 is 2.18 bits per heavy atom. The SMILES string of the molecule is C[C@@]1(CO)CCNCC1c1ccc(Cl)c(Cl)c1. The van der Waals surface area contributed by atoms with Gasteiger partial charge in [-0.15, -0.1) is 0 Å². The van der Waals surface area contributed by atoms with Crippen molar-refractivity contribution in [2.45, 2.75) is 19.3 Å². The molecule has 0 aliphatic carbocycles. The maximum atomic E-state index is 9.62. The topological polar surface area (TPSA) is 32.3 Å². The molecule has 0 radical (unpaired) electrons. The molecule has 1 heterocycles. The molecule has 1 aliphatic heterocycles. The molecule has 2 nitrogen and oxygen atoms in total. The summed E-state index contributed by atoms with van der Waals surface area (Å²) in [6.45, 7) is 4.14. The third-order valence-electron chi connectivity index (χ3n) is 3.77. The Bertz CT molecular complexity index is 410. The second kappa shape index (κ2) is 5.15. The number of hydrogen-bond acceptors (Lipinski definition) is 2. The van der Waals surface area contributed by atoms with Crippen LogP contribution >= 0.6 is 23.2 Å². The quantitative estimate of drug-likeness (QED) is 0.868. The molecule has 0 aromatic heterocycles. The first kappa shape index (κ1) is 13.2. The number of nitrogens with one attached hydrogen (secondary N) is 1. The van der Waals surface area contributed by atoms with Crippen molar-refractivity contribution in [2.24, 2.45) is 5.41 Å². The van der Waals surface area contributed by atoms with Crippen molar-refractivity contribution < 1.29 is 5.11 Å². The molecule has 17 heavy (non-hydrogen) atoms. The van der Waals surface area contributed by atoms with Gasteiger partial charge < -0.3 is 10.4 Å². The van der Waals surface area contributed by atoms with E-state index in [1.807, 2.05) is 18.2 Å². The fourth-order valence-corrected chi connectivity index (χ4v) is 2.79. The van der Waals surface area contributed by atoms with Crippen molar-refractivity contribution in [3.63, 3.8) is 0 Å². The first-order valence-electron chi connectivity index (χ1n) is 5.83. The van der Waals surface area contributed by atoms with Gasteiger partial charge in [0.25, 0.3) is 0 Å². The average Bonchev–Trinajstić information content (AvgIpc) is 2.33. The van der Waals surface area contributed by atoms with Crippen molar-refractivity contribution in [1.82, 2.24) is 5.32 Å². The van der Waals surface area contributed by atoms with Crippen LogP contribution in [-0.4, -0.2) is 24.8 Å². The van der Waals surface area contributed by atoms with Crippen molar-refractivity contribution in [2.75, 3.05) is 19.7 Å². The molecule has 0 saturated carbocycles. The summed E-state index contributed by atoms with van der Waals surface area (Å²) in [5.74, 6) is 0.274. The minimum absolute atomic E-state index is 0.0809. The lowest BCUT2D eigenvalue weighted by Gasteiger charge is -2.41. The Balaban J connectivity index is 2.33. The molecule has 0 bridgehead atoms.